The third kappa shape index (κ3) is 4.82. The van der Waals surface area contributed by atoms with Crippen molar-refractivity contribution >= 4 is 35.1 Å². The minimum absolute atomic E-state index is 0.00278. The Morgan fingerprint density at radius 1 is 1.40 bits per heavy atom. The molecule has 0 aliphatic carbocycles. The summed E-state index contributed by atoms with van der Waals surface area (Å²) >= 11 is 11.2. The summed E-state index contributed by atoms with van der Waals surface area (Å²) in [5.74, 6) is -0.422. The Hall–Kier alpha value is -1.60. The highest BCUT2D eigenvalue weighted by Crippen LogP contribution is 2.14. The lowest BCUT2D eigenvalue weighted by Crippen LogP contribution is -2.43. The summed E-state index contributed by atoms with van der Waals surface area (Å²) in [5, 5.41) is 8.02. The molecule has 0 saturated carbocycles. The van der Waals surface area contributed by atoms with Gasteiger partial charge in [-0.1, -0.05) is 37.0 Å². The van der Waals surface area contributed by atoms with Crippen molar-refractivity contribution in [2.45, 2.75) is 20.4 Å². The topological polar surface area (TPSA) is 93.1 Å². The molecule has 0 saturated heterocycles. The molecule has 0 radical (unpaired) electrons. The van der Waals surface area contributed by atoms with Crippen LogP contribution in [0.1, 0.15) is 13.8 Å². The summed E-state index contributed by atoms with van der Waals surface area (Å²) in [6, 6.07) is -0.628. The van der Waals surface area contributed by atoms with E-state index in [1.54, 1.807) is 0 Å². The van der Waals surface area contributed by atoms with Crippen LogP contribution < -0.4 is 16.2 Å². The third-order valence-electron chi connectivity index (χ3n) is 2.16. The van der Waals surface area contributed by atoms with Crippen molar-refractivity contribution in [1.82, 2.24) is 20.4 Å². The van der Waals surface area contributed by atoms with E-state index in [2.05, 4.69) is 15.7 Å². The zero-order valence-corrected chi connectivity index (χ0v) is 12.5. The Morgan fingerprint density at radius 2 is 2.05 bits per heavy atom. The van der Waals surface area contributed by atoms with E-state index in [4.69, 9.17) is 23.2 Å². The zero-order valence-electron chi connectivity index (χ0n) is 10.9. The number of amides is 3. The molecule has 0 aliphatic heterocycles. The van der Waals surface area contributed by atoms with E-state index in [1.807, 2.05) is 13.8 Å². The van der Waals surface area contributed by atoms with Gasteiger partial charge in [0.05, 0.1) is 11.2 Å². The fourth-order valence-electron chi connectivity index (χ4n) is 1.20. The number of nitrogens with zero attached hydrogens (tertiary/aromatic N) is 2. The smallest absolute Gasteiger partial charge is 0.321 e. The number of rotatable bonds is 4. The average molecular weight is 321 g/mol. The maximum atomic E-state index is 11.6. The van der Waals surface area contributed by atoms with Crippen LogP contribution in [0.2, 0.25) is 10.0 Å². The van der Waals surface area contributed by atoms with Gasteiger partial charge in [0.25, 0.3) is 5.56 Å². The van der Waals surface area contributed by atoms with Gasteiger partial charge in [0.15, 0.2) is 0 Å². The molecule has 9 heteroatoms. The van der Waals surface area contributed by atoms with Gasteiger partial charge in [-0.3, -0.25) is 14.9 Å². The lowest BCUT2D eigenvalue weighted by molar-refractivity contribution is -0.120. The number of hydrogen-bond acceptors (Lipinski definition) is 4. The van der Waals surface area contributed by atoms with Crippen molar-refractivity contribution in [1.29, 1.82) is 0 Å². The van der Waals surface area contributed by atoms with Gasteiger partial charge < -0.3 is 5.32 Å². The standard InChI is InChI=1S/C11H14Cl2N4O3/c1-6(2)3-14-11(20)16-8(18)5-17-10(19)9(13)7(12)4-15-17/h4,6H,3,5H2,1-2H3,(H2,14,16,18,20). The largest absolute Gasteiger partial charge is 0.338 e. The van der Waals surface area contributed by atoms with Gasteiger partial charge >= 0.3 is 6.03 Å². The van der Waals surface area contributed by atoms with E-state index >= 15 is 0 Å². The molecular weight excluding hydrogens is 307 g/mol. The van der Waals surface area contributed by atoms with Crippen LogP contribution in [0.3, 0.4) is 0 Å². The van der Waals surface area contributed by atoms with Crippen LogP contribution in [0.15, 0.2) is 11.0 Å². The van der Waals surface area contributed by atoms with E-state index < -0.39 is 24.0 Å². The van der Waals surface area contributed by atoms with E-state index in [0.717, 1.165) is 10.9 Å². The van der Waals surface area contributed by atoms with Crippen LogP contribution in [0, 0.1) is 5.92 Å². The zero-order chi connectivity index (χ0) is 15.3. The summed E-state index contributed by atoms with van der Waals surface area (Å²) < 4.78 is 0.819. The number of imide groups is 1. The highest BCUT2D eigenvalue weighted by atomic mass is 35.5. The van der Waals surface area contributed by atoms with Crippen molar-refractivity contribution in [2.24, 2.45) is 5.92 Å². The summed E-state index contributed by atoms with van der Waals surface area (Å²) in [6.45, 7) is 3.84. The quantitative estimate of drug-likeness (QED) is 0.866. The van der Waals surface area contributed by atoms with Gasteiger partial charge in [-0.2, -0.15) is 5.10 Å². The Morgan fingerprint density at radius 3 is 2.65 bits per heavy atom. The molecule has 0 atom stereocenters. The molecule has 7 nitrogen and oxygen atoms in total. The molecule has 0 aliphatic rings. The summed E-state index contributed by atoms with van der Waals surface area (Å²) in [6.07, 6.45) is 1.15. The minimum atomic E-state index is -0.697. The average Bonchev–Trinajstić information content (AvgIpc) is 2.37. The lowest BCUT2D eigenvalue weighted by atomic mass is 10.2. The van der Waals surface area contributed by atoms with Crippen molar-refractivity contribution in [3.8, 4) is 0 Å². The number of nitrogens with one attached hydrogen (secondary N) is 2. The van der Waals surface area contributed by atoms with E-state index in [1.165, 1.54) is 0 Å². The van der Waals surface area contributed by atoms with Gasteiger partial charge in [-0.05, 0) is 5.92 Å². The molecular formula is C11H14Cl2N4O3. The molecule has 0 unspecified atom stereocenters. The predicted octanol–water partition coefficient (Wildman–Crippen LogP) is 1.03. The molecule has 3 amide bonds. The molecule has 2 N–H and O–H groups in total. The Kier molecular flexibility index (Phi) is 5.97. The first-order chi connectivity index (χ1) is 9.31. The minimum Gasteiger partial charge on any atom is -0.338 e. The first kappa shape index (κ1) is 16.5. The van der Waals surface area contributed by atoms with Crippen molar-refractivity contribution in [3.05, 3.63) is 26.6 Å². The van der Waals surface area contributed by atoms with Gasteiger partial charge in [0.2, 0.25) is 5.91 Å². The molecule has 0 spiro atoms. The highest BCUT2D eigenvalue weighted by molar-refractivity contribution is 6.41. The number of halogens is 2. The van der Waals surface area contributed by atoms with Gasteiger partial charge in [0, 0.05) is 6.54 Å². The maximum Gasteiger partial charge on any atom is 0.321 e. The summed E-state index contributed by atoms with van der Waals surface area (Å²) in [4.78, 5) is 34.6. The Balaban J connectivity index is 2.61. The number of carbonyl (C=O) groups excluding carboxylic acids is 2. The van der Waals surface area contributed by atoms with Crippen LogP contribution in [-0.2, 0) is 11.3 Å². The predicted molar refractivity (Wildman–Crippen MR) is 74.9 cm³/mol. The highest BCUT2D eigenvalue weighted by Gasteiger charge is 2.13. The summed E-state index contributed by atoms with van der Waals surface area (Å²) in [7, 11) is 0. The molecule has 0 fully saturated rings. The molecule has 0 bridgehead atoms. The third-order valence-corrected chi connectivity index (χ3v) is 2.91. The second-order valence-corrected chi connectivity index (χ2v) is 5.21. The van der Waals surface area contributed by atoms with Crippen LogP contribution in [-0.4, -0.2) is 28.3 Å². The molecule has 20 heavy (non-hydrogen) atoms. The molecule has 110 valence electrons. The molecule has 1 aromatic rings. The van der Waals surface area contributed by atoms with E-state index in [-0.39, 0.29) is 16.0 Å². The van der Waals surface area contributed by atoms with Gasteiger partial charge in [-0.15, -0.1) is 0 Å². The summed E-state index contributed by atoms with van der Waals surface area (Å²) in [5.41, 5.74) is -0.697. The SMILES string of the molecule is CC(C)CNC(=O)NC(=O)Cn1ncc(Cl)c(Cl)c1=O. The first-order valence-corrected chi connectivity index (χ1v) is 6.55. The van der Waals surface area contributed by atoms with Crippen molar-refractivity contribution in [3.63, 3.8) is 0 Å². The van der Waals surface area contributed by atoms with Crippen molar-refractivity contribution in [2.75, 3.05) is 6.54 Å². The molecule has 1 aromatic heterocycles. The van der Waals surface area contributed by atoms with E-state index in [0.29, 0.717) is 6.54 Å². The van der Waals surface area contributed by atoms with Crippen LogP contribution in [0.25, 0.3) is 0 Å². The monoisotopic (exact) mass is 320 g/mol. The molecule has 1 heterocycles. The number of urea groups is 1. The maximum absolute atomic E-state index is 11.6. The van der Waals surface area contributed by atoms with Crippen LogP contribution in [0.4, 0.5) is 4.79 Å². The fraction of sp³-hybridized carbons (Fsp3) is 0.455. The van der Waals surface area contributed by atoms with Crippen LogP contribution in [0.5, 0.6) is 0 Å². The fourth-order valence-corrected chi connectivity index (χ4v) is 1.47. The number of aromatic nitrogens is 2. The Labute approximate surface area is 125 Å². The van der Waals surface area contributed by atoms with E-state index in [9.17, 15) is 14.4 Å². The molecule has 0 aromatic carbocycles. The second-order valence-electron chi connectivity index (χ2n) is 4.42. The lowest BCUT2D eigenvalue weighted by Gasteiger charge is -2.09. The second kappa shape index (κ2) is 7.25. The molecule has 1 rings (SSSR count). The van der Waals surface area contributed by atoms with Gasteiger partial charge in [-0.25, -0.2) is 9.48 Å². The first-order valence-electron chi connectivity index (χ1n) is 5.80. The normalized spacial score (nSPS) is 10.4. The van der Waals surface area contributed by atoms with Crippen molar-refractivity contribution < 1.29 is 9.59 Å². The van der Waals surface area contributed by atoms with Crippen LogP contribution >= 0.6 is 23.2 Å². The number of carbonyl (C=O) groups is 2. The number of hydrogen-bond donors (Lipinski definition) is 2. The Bertz CT molecular complexity index is 571. The van der Waals surface area contributed by atoms with Gasteiger partial charge in [0.1, 0.15) is 11.6 Å².